The maximum atomic E-state index is 12.0. The first-order valence-electron chi connectivity index (χ1n) is 21.1. The van der Waals surface area contributed by atoms with E-state index in [0.717, 1.165) is 50.9 Å². The van der Waals surface area contributed by atoms with Gasteiger partial charge in [-0.15, -0.1) is 0 Å². The number of aliphatic hydroxyl groups excluding tert-OH is 1. The summed E-state index contributed by atoms with van der Waals surface area (Å²) in [6.07, 6.45) is 43.8. The molecule has 1 heterocycles. The van der Waals surface area contributed by atoms with Gasteiger partial charge < -0.3 is 19.3 Å². The van der Waals surface area contributed by atoms with E-state index in [1.54, 1.807) is 0 Å². The second-order valence-electron chi connectivity index (χ2n) is 14.7. The van der Waals surface area contributed by atoms with Crippen molar-refractivity contribution in [3.63, 3.8) is 0 Å². The summed E-state index contributed by atoms with van der Waals surface area (Å²) in [5.41, 5.74) is 0. The molecule has 290 valence electrons. The molecular weight excluding hydrogens is 624 g/mol. The van der Waals surface area contributed by atoms with Crippen molar-refractivity contribution in [2.24, 2.45) is 5.92 Å². The van der Waals surface area contributed by atoms with Crippen LogP contribution in [0.4, 0.5) is 0 Å². The van der Waals surface area contributed by atoms with Crippen molar-refractivity contribution in [2.75, 3.05) is 13.2 Å². The minimum Gasteiger partial charge on any atom is -0.463 e. The van der Waals surface area contributed by atoms with Crippen LogP contribution >= 0.6 is 0 Å². The van der Waals surface area contributed by atoms with Crippen molar-refractivity contribution < 1.29 is 28.9 Å². The third kappa shape index (κ3) is 30.9. The Hall–Kier alpha value is -1.92. The van der Waals surface area contributed by atoms with Gasteiger partial charge in [-0.2, -0.15) is 0 Å². The molecule has 50 heavy (non-hydrogen) atoms. The smallest absolute Gasteiger partial charge is 0.305 e. The van der Waals surface area contributed by atoms with E-state index < -0.39 is 6.10 Å². The predicted octanol–water partition coefficient (Wildman–Crippen LogP) is 12.1. The lowest BCUT2D eigenvalue weighted by atomic mass is 9.99. The molecule has 6 heteroatoms. The van der Waals surface area contributed by atoms with Gasteiger partial charge in [0.25, 0.3) is 0 Å². The highest BCUT2D eigenvalue weighted by molar-refractivity contribution is 5.69. The number of epoxide rings is 1. The van der Waals surface area contributed by atoms with E-state index >= 15 is 0 Å². The number of esters is 2. The van der Waals surface area contributed by atoms with Crippen LogP contribution in [0.25, 0.3) is 0 Å². The minimum atomic E-state index is -0.988. The number of ether oxygens (including phenoxy) is 3. The third-order valence-corrected chi connectivity index (χ3v) is 9.84. The molecule has 0 spiro atoms. The molecule has 1 rings (SSSR count). The van der Waals surface area contributed by atoms with Crippen molar-refractivity contribution >= 4 is 11.9 Å². The van der Waals surface area contributed by atoms with Gasteiger partial charge in [0.2, 0.25) is 0 Å². The van der Waals surface area contributed by atoms with Crippen molar-refractivity contribution in [3.05, 3.63) is 36.5 Å². The summed E-state index contributed by atoms with van der Waals surface area (Å²) in [4.78, 5) is 24.0. The monoisotopic (exact) mass is 703 g/mol. The van der Waals surface area contributed by atoms with E-state index in [-0.39, 0.29) is 25.2 Å². The van der Waals surface area contributed by atoms with Crippen molar-refractivity contribution in [2.45, 2.75) is 212 Å². The van der Waals surface area contributed by atoms with Gasteiger partial charge in [-0.25, -0.2) is 0 Å². The van der Waals surface area contributed by atoms with Gasteiger partial charge in [0, 0.05) is 12.8 Å². The summed E-state index contributed by atoms with van der Waals surface area (Å²) in [7, 11) is 0. The van der Waals surface area contributed by atoms with Gasteiger partial charge in [0.1, 0.15) is 19.3 Å². The van der Waals surface area contributed by atoms with Crippen molar-refractivity contribution in [3.8, 4) is 0 Å². The van der Waals surface area contributed by atoms with Gasteiger partial charge in [0.05, 0.1) is 12.2 Å². The van der Waals surface area contributed by atoms with Crippen LogP contribution in [0.5, 0.6) is 0 Å². The maximum Gasteiger partial charge on any atom is 0.305 e. The van der Waals surface area contributed by atoms with E-state index in [9.17, 15) is 14.7 Å². The molecule has 1 saturated heterocycles. The lowest BCUT2D eigenvalue weighted by Crippen LogP contribution is -2.25. The first-order valence-corrected chi connectivity index (χ1v) is 21.1. The lowest BCUT2D eigenvalue weighted by molar-refractivity contribution is -0.152. The predicted molar refractivity (Wildman–Crippen MR) is 209 cm³/mol. The zero-order valence-corrected chi connectivity index (χ0v) is 32.8. The molecule has 0 aromatic heterocycles. The number of unbranched alkanes of at least 4 members (excludes halogenated alkanes) is 16. The molecule has 1 aliphatic rings. The standard InChI is InChI=1S/C44H78O6/c1-4-6-27-33-41-42(50-41)34-29-24-20-16-13-14-18-22-26-31-36-44(47)49-38-40(45)37-48-43(46)35-30-25-21-17-12-10-8-7-9-11-15-19-23-28-32-39(3)5-2/h13,16,18,22,24,29,39-42,45H,4-12,14-15,17,19-21,23,25-28,30-38H2,1-3H3/b16-13-,22-18-,29-24-/t39?,40-,41?,42?/m1/s1. The second-order valence-corrected chi connectivity index (χ2v) is 14.7. The number of rotatable bonds is 36. The average Bonchev–Trinajstić information content (AvgIpc) is 3.87. The van der Waals surface area contributed by atoms with Gasteiger partial charge >= 0.3 is 11.9 Å². The fraction of sp³-hybridized carbons (Fsp3) is 0.818. The summed E-state index contributed by atoms with van der Waals surface area (Å²) >= 11 is 0. The molecule has 0 bridgehead atoms. The summed E-state index contributed by atoms with van der Waals surface area (Å²) in [5, 5.41) is 10.0. The molecule has 0 saturated carbocycles. The van der Waals surface area contributed by atoms with Crippen molar-refractivity contribution in [1.82, 2.24) is 0 Å². The number of allylic oxidation sites excluding steroid dienone is 5. The maximum absolute atomic E-state index is 12.0. The van der Waals surface area contributed by atoms with Gasteiger partial charge in [-0.05, 0) is 50.9 Å². The van der Waals surface area contributed by atoms with E-state index in [4.69, 9.17) is 14.2 Å². The second kappa shape index (κ2) is 34.2. The van der Waals surface area contributed by atoms with E-state index in [1.807, 2.05) is 0 Å². The highest BCUT2D eigenvalue weighted by Crippen LogP contribution is 2.30. The Labute approximate surface area is 308 Å². The van der Waals surface area contributed by atoms with Gasteiger partial charge in [-0.3, -0.25) is 9.59 Å². The fourth-order valence-corrected chi connectivity index (χ4v) is 6.15. The molecule has 1 aliphatic heterocycles. The first kappa shape index (κ1) is 46.1. The summed E-state index contributed by atoms with van der Waals surface area (Å²) < 4.78 is 16.0. The lowest BCUT2D eigenvalue weighted by Gasteiger charge is -2.12. The molecule has 0 aliphatic carbocycles. The Balaban J connectivity index is 1.83. The molecule has 0 aromatic rings. The zero-order chi connectivity index (χ0) is 36.3. The SMILES string of the molecule is CCCCCC1OC1C/C=C\C/C=C\C/C=C\CCCC(=O)OC[C@H](O)COC(=O)CCCCCCCCCCCCCCCCC(C)CC. The quantitative estimate of drug-likeness (QED) is 0.0303. The zero-order valence-electron chi connectivity index (χ0n) is 32.8. The fourth-order valence-electron chi connectivity index (χ4n) is 6.15. The number of carbonyl (C=O) groups is 2. The molecule has 1 N–H and O–H groups in total. The minimum absolute atomic E-state index is 0.134. The van der Waals surface area contributed by atoms with Crippen LogP contribution in [0.3, 0.4) is 0 Å². The molecule has 6 nitrogen and oxygen atoms in total. The van der Waals surface area contributed by atoms with Crippen LogP contribution in [0.2, 0.25) is 0 Å². The molecule has 0 radical (unpaired) electrons. The number of aliphatic hydroxyl groups is 1. The number of carbonyl (C=O) groups excluding carboxylic acids is 2. The Morgan fingerprint density at radius 3 is 1.68 bits per heavy atom. The van der Waals surface area contributed by atoms with Crippen LogP contribution in [0.15, 0.2) is 36.5 Å². The summed E-state index contributed by atoms with van der Waals surface area (Å²) in [6.45, 7) is 6.62. The van der Waals surface area contributed by atoms with E-state index in [0.29, 0.717) is 31.5 Å². The van der Waals surface area contributed by atoms with E-state index in [1.165, 1.54) is 109 Å². The van der Waals surface area contributed by atoms with Gasteiger partial charge in [-0.1, -0.05) is 173 Å². The molecule has 0 aromatic carbocycles. The summed E-state index contributed by atoms with van der Waals surface area (Å²) in [6, 6.07) is 0. The largest absolute Gasteiger partial charge is 0.463 e. The Morgan fingerprint density at radius 2 is 1.12 bits per heavy atom. The number of hydrogen-bond donors (Lipinski definition) is 1. The van der Waals surface area contributed by atoms with Crippen LogP contribution in [-0.4, -0.2) is 48.6 Å². The average molecular weight is 703 g/mol. The summed E-state index contributed by atoms with van der Waals surface area (Å²) in [5.74, 6) is 0.270. The Morgan fingerprint density at radius 1 is 0.620 bits per heavy atom. The molecule has 0 amide bonds. The first-order chi connectivity index (χ1) is 24.5. The van der Waals surface area contributed by atoms with Gasteiger partial charge in [0.15, 0.2) is 0 Å². The van der Waals surface area contributed by atoms with Crippen LogP contribution in [0, 0.1) is 5.92 Å². The molecular formula is C44H78O6. The topological polar surface area (TPSA) is 85.4 Å². The highest BCUT2D eigenvalue weighted by atomic mass is 16.6. The van der Waals surface area contributed by atoms with Crippen LogP contribution < -0.4 is 0 Å². The van der Waals surface area contributed by atoms with Crippen LogP contribution in [-0.2, 0) is 23.8 Å². The van der Waals surface area contributed by atoms with Crippen LogP contribution in [0.1, 0.15) is 194 Å². The Bertz CT molecular complexity index is 880. The molecule has 1 fully saturated rings. The normalized spacial score (nSPS) is 17.2. The number of hydrogen-bond acceptors (Lipinski definition) is 6. The highest BCUT2D eigenvalue weighted by Gasteiger charge is 2.36. The Kier molecular flexibility index (Phi) is 31.5. The van der Waals surface area contributed by atoms with Crippen molar-refractivity contribution in [1.29, 1.82) is 0 Å². The molecule has 4 atom stereocenters. The molecule has 3 unspecified atom stereocenters. The van der Waals surface area contributed by atoms with E-state index in [2.05, 4.69) is 57.2 Å². The third-order valence-electron chi connectivity index (χ3n) is 9.84.